The lowest BCUT2D eigenvalue weighted by molar-refractivity contribution is -0.122. The van der Waals surface area contributed by atoms with Crippen LogP contribution in [0.5, 0.6) is 5.75 Å². The van der Waals surface area contributed by atoms with Crippen LogP contribution in [0.3, 0.4) is 0 Å². The Bertz CT molecular complexity index is 866. The SMILES string of the molecule is CCCN1C(=O)S/C(=C/c2cc(C)n(-c3ccc(O)cc3)c2C)C1=O. The molecule has 2 amide bonds. The number of imide groups is 1. The van der Waals surface area contributed by atoms with Crippen molar-refractivity contribution in [1.29, 1.82) is 0 Å². The van der Waals surface area contributed by atoms with Crippen molar-refractivity contribution in [1.82, 2.24) is 9.47 Å². The highest BCUT2D eigenvalue weighted by molar-refractivity contribution is 8.18. The van der Waals surface area contributed by atoms with Gasteiger partial charge >= 0.3 is 0 Å². The third-order valence-electron chi connectivity index (χ3n) is 4.19. The number of aromatic hydroxyl groups is 1. The molecule has 3 rings (SSSR count). The Hall–Kier alpha value is -2.47. The van der Waals surface area contributed by atoms with Crippen molar-refractivity contribution in [3.05, 3.63) is 52.2 Å². The van der Waals surface area contributed by atoms with Crippen LogP contribution >= 0.6 is 11.8 Å². The Balaban J connectivity index is 1.97. The van der Waals surface area contributed by atoms with Gasteiger partial charge in [0.15, 0.2) is 0 Å². The monoisotopic (exact) mass is 356 g/mol. The van der Waals surface area contributed by atoms with Crippen molar-refractivity contribution in [2.75, 3.05) is 6.54 Å². The molecule has 0 aliphatic carbocycles. The van der Waals surface area contributed by atoms with Crippen LogP contribution in [-0.2, 0) is 4.79 Å². The summed E-state index contributed by atoms with van der Waals surface area (Å²) in [7, 11) is 0. The van der Waals surface area contributed by atoms with E-state index >= 15 is 0 Å². The predicted molar refractivity (Wildman–Crippen MR) is 99.9 cm³/mol. The van der Waals surface area contributed by atoms with Crippen LogP contribution in [0.15, 0.2) is 35.2 Å². The summed E-state index contributed by atoms with van der Waals surface area (Å²) >= 11 is 0.994. The highest BCUT2D eigenvalue weighted by atomic mass is 32.2. The number of amides is 2. The molecule has 2 heterocycles. The zero-order chi connectivity index (χ0) is 18.1. The molecule has 25 heavy (non-hydrogen) atoms. The van der Waals surface area contributed by atoms with Gasteiger partial charge in [-0.05, 0) is 74.0 Å². The molecule has 2 aromatic rings. The van der Waals surface area contributed by atoms with Gasteiger partial charge < -0.3 is 9.67 Å². The van der Waals surface area contributed by atoms with E-state index in [1.807, 2.05) is 39.0 Å². The summed E-state index contributed by atoms with van der Waals surface area (Å²) in [5.74, 6) is 0.00215. The molecule has 1 fully saturated rings. The van der Waals surface area contributed by atoms with Crippen molar-refractivity contribution >= 4 is 29.0 Å². The number of rotatable bonds is 4. The van der Waals surface area contributed by atoms with Gasteiger partial charge in [0.05, 0.1) is 4.91 Å². The minimum Gasteiger partial charge on any atom is -0.508 e. The normalized spacial score (nSPS) is 16.3. The van der Waals surface area contributed by atoms with Crippen LogP contribution in [0, 0.1) is 13.8 Å². The molecule has 5 nitrogen and oxygen atoms in total. The Labute approximate surface area is 150 Å². The molecule has 0 saturated carbocycles. The van der Waals surface area contributed by atoms with Crippen LogP contribution in [0.1, 0.15) is 30.3 Å². The number of carbonyl (C=O) groups excluding carboxylic acids is 2. The van der Waals surface area contributed by atoms with Crippen LogP contribution in [0.4, 0.5) is 4.79 Å². The molecule has 0 radical (unpaired) electrons. The average molecular weight is 356 g/mol. The molecule has 0 spiro atoms. The molecule has 130 valence electrons. The van der Waals surface area contributed by atoms with Crippen LogP contribution < -0.4 is 0 Å². The summed E-state index contributed by atoms with van der Waals surface area (Å²) in [6.07, 6.45) is 2.54. The third-order valence-corrected chi connectivity index (χ3v) is 5.09. The largest absolute Gasteiger partial charge is 0.508 e. The summed E-state index contributed by atoms with van der Waals surface area (Å²) in [6.45, 7) is 6.36. The standard InChI is InChI=1S/C19H20N2O3S/c1-4-9-20-18(23)17(25-19(20)24)11-14-10-12(2)21(13(14)3)15-5-7-16(22)8-6-15/h5-8,10-11,22H,4,9H2,1-3H3/b17-11+. The fourth-order valence-corrected chi connectivity index (χ4v) is 3.85. The number of phenolic OH excluding ortho intramolecular Hbond substituents is 1. The van der Waals surface area contributed by atoms with E-state index in [1.165, 1.54) is 4.90 Å². The van der Waals surface area contributed by atoms with Crippen molar-refractivity contribution in [3.8, 4) is 11.4 Å². The van der Waals surface area contributed by atoms with Gasteiger partial charge in [-0.3, -0.25) is 14.5 Å². The zero-order valence-corrected chi connectivity index (χ0v) is 15.3. The second-order valence-corrected chi connectivity index (χ2v) is 7.00. The number of hydrogen-bond acceptors (Lipinski definition) is 4. The molecule has 0 unspecified atom stereocenters. The average Bonchev–Trinajstić information content (AvgIpc) is 3.00. The summed E-state index contributed by atoms with van der Waals surface area (Å²) in [4.78, 5) is 26.1. The topological polar surface area (TPSA) is 62.5 Å². The summed E-state index contributed by atoms with van der Waals surface area (Å²) in [5, 5.41) is 9.26. The quantitative estimate of drug-likeness (QED) is 0.832. The Morgan fingerprint density at radius 1 is 1.16 bits per heavy atom. The molecule has 0 bridgehead atoms. The molecule has 1 N–H and O–H groups in total. The van der Waals surface area contributed by atoms with Gasteiger partial charge in [-0.25, -0.2) is 0 Å². The van der Waals surface area contributed by atoms with Crippen molar-refractivity contribution in [3.63, 3.8) is 0 Å². The van der Waals surface area contributed by atoms with Crippen LogP contribution in [0.2, 0.25) is 0 Å². The number of hydrogen-bond donors (Lipinski definition) is 1. The third kappa shape index (κ3) is 3.22. The minimum atomic E-state index is -0.216. The first kappa shape index (κ1) is 17.4. The highest BCUT2D eigenvalue weighted by Gasteiger charge is 2.34. The van der Waals surface area contributed by atoms with Gasteiger partial charge in [-0.15, -0.1) is 0 Å². The molecule has 1 aromatic carbocycles. The van der Waals surface area contributed by atoms with E-state index in [-0.39, 0.29) is 16.9 Å². The molecule has 1 aliphatic rings. The molecule has 6 heteroatoms. The maximum Gasteiger partial charge on any atom is 0.293 e. The second-order valence-electron chi connectivity index (χ2n) is 6.01. The molecule has 0 atom stereocenters. The Morgan fingerprint density at radius 2 is 1.84 bits per heavy atom. The fourth-order valence-electron chi connectivity index (χ4n) is 2.99. The van der Waals surface area contributed by atoms with Gasteiger partial charge in [0, 0.05) is 23.6 Å². The van der Waals surface area contributed by atoms with Gasteiger partial charge in [-0.2, -0.15) is 0 Å². The number of nitrogens with zero attached hydrogens (tertiary/aromatic N) is 2. The number of phenols is 1. The number of carbonyl (C=O) groups is 2. The number of thioether (sulfide) groups is 1. The zero-order valence-electron chi connectivity index (χ0n) is 14.4. The maximum absolute atomic E-state index is 12.4. The van der Waals surface area contributed by atoms with Gasteiger partial charge in [0.1, 0.15) is 5.75 Å². The van der Waals surface area contributed by atoms with Crippen molar-refractivity contribution in [2.24, 2.45) is 0 Å². The Kier molecular flexibility index (Phi) is 4.72. The summed E-state index contributed by atoms with van der Waals surface area (Å²) in [5.41, 5.74) is 3.84. The molecule has 1 saturated heterocycles. The van der Waals surface area contributed by atoms with Gasteiger partial charge in [0.25, 0.3) is 11.1 Å². The smallest absolute Gasteiger partial charge is 0.293 e. The molecular formula is C19H20N2O3S. The van der Waals surface area contributed by atoms with Crippen molar-refractivity contribution < 1.29 is 14.7 Å². The minimum absolute atomic E-state index is 0.203. The first-order chi connectivity index (χ1) is 11.9. The highest BCUT2D eigenvalue weighted by Crippen LogP contribution is 2.33. The number of aryl methyl sites for hydroxylation is 1. The fraction of sp³-hybridized carbons (Fsp3) is 0.263. The van der Waals surface area contributed by atoms with Gasteiger partial charge in [-0.1, -0.05) is 6.92 Å². The number of aromatic nitrogens is 1. The lowest BCUT2D eigenvalue weighted by Gasteiger charge is -2.10. The first-order valence-corrected chi connectivity index (χ1v) is 8.97. The lowest BCUT2D eigenvalue weighted by Crippen LogP contribution is -2.28. The van der Waals surface area contributed by atoms with E-state index in [4.69, 9.17) is 0 Å². The van der Waals surface area contributed by atoms with Gasteiger partial charge in [0.2, 0.25) is 0 Å². The van der Waals surface area contributed by atoms with E-state index < -0.39 is 0 Å². The van der Waals surface area contributed by atoms with Crippen molar-refractivity contribution in [2.45, 2.75) is 27.2 Å². The lowest BCUT2D eigenvalue weighted by atomic mass is 10.2. The summed E-state index contributed by atoms with van der Waals surface area (Å²) < 4.78 is 2.06. The van der Waals surface area contributed by atoms with E-state index in [9.17, 15) is 14.7 Å². The second kappa shape index (κ2) is 6.80. The Morgan fingerprint density at radius 3 is 2.48 bits per heavy atom. The molecule has 1 aliphatic heterocycles. The van der Waals surface area contributed by atoms with Crippen LogP contribution in [-0.4, -0.2) is 32.3 Å². The van der Waals surface area contributed by atoms with E-state index in [0.29, 0.717) is 11.4 Å². The predicted octanol–water partition coefficient (Wildman–Crippen LogP) is 4.25. The maximum atomic E-state index is 12.4. The number of benzene rings is 1. The molecule has 1 aromatic heterocycles. The van der Waals surface area contributed by atoms with E-state index in [1.54, 1.807) is 18.2 Å². The van der Waals surface area contributed by atoms with E-state index in [2.05, 4.69) is 4.57 Å². The van der Waals surface area contributed by atoms with E-state index in [0.717, 1.165) is 40.8 Å². The summed E-state index contributed by atoms with van der Waals surface area (Å²) in [6, 6.07) is 8.96. The first-order valence-electron chi connectivity index (χ1n) is 8.16. The van der Waals surface area contributed by atoms with Crippen LogP contribution in [0.25, 0.3) is 11.8 Å². The molecular weight excluding hydrogens is 336 g/mol.